The molecule has 0 aliphatic heterocycles. The van der Waals surface area contributed by atoms with Crippen molar-refractivity contribution in [1.29, 1.82) is 0 Å². The third-order valence-electron chi connectivity index (χ3n) is 2.85. The van der Waals surface area contributed by atoms with Gasteiger partial charge in [0.05, 0.1) is 7.11 Å². The summed E-state index contributed by atoms with van der Waals surface area (Å²) in [6.45, 7) is 0. The van der Waals surface area contributed by atoms with Gasteiger partial charge in [-0.25, -0.2) is 10.3 Å². The molecular formula is C15H15N3O4. The second-order valence-electron chi connectivity index (χ2n) is 4.33. The number of ether oxygens (including phenoxy) is 1. The van der Waals surface area contributed by atoms with E-state index in [9.17, 15) is 9.59 Å². The number of anilines is 2. The number of carbonyl (C=O) groups excluding carboxylic acids is 2. The number of hydrogen-bond donors (Lipinski definition) is 4. The van der Waals surface area contributed by atoms with Crippen molar-refractivity contribution in [3.8, 4) is 5.75 Å². The first-order valence-corrected chi connectivity index (χ1v) is 6.39. The predicted octanol–water partition coefficient (Wildman–Crippen LogP) is 2.46. The van der Waals surface area contributed by atoms with Crippen LogP contribution in [0.1, 0.15) is 10.4 Å². The summed E-state index contributed by atoms with van der Waals surface area (Å²) in [4.78, 5) is 23.0. The van der Waals surface area contributed by atoms with Crippen LogP contribution in [-0.2, 0) is 0 Å². The SMILES string of the molecule is COc1ccc(NC(=O)Nc2ccc(C(=O)NO)cc2)cc1. The van der Waals surface area contributed by atoms with Crippen LogP contribution in [0.4, 0.5) is 16.2 Å². The summed E-state index contributed by atoms with van der Waals surface area (Å²) < 4.78 is 5.03. The van der Waals surface area contributed by atoms with Crippen LogP contribution in [0, 0.1) is 0 Å². The van der Waals surface area contributed by atoms with Gasteiger partial charge in [-0.05, 0) is 48.5 Å². The van der Waals surface area contributed by atoms with Gasteiger partial charge < -0.3 is 15.4 Å². The molecule has 2 aromatic rings. The number of urea groups is 1. The number of nitrogens with one attached hydrogen (secondary N) is 3. The van der Waals surface area contributed by atoms with Gasteiger partial charge in [0.1, 0.15) is 5.75 Å². The first-order chi connectivity index (χ1) is 10.6. The molecule has 2 rings (SSSR count). The molecule has 0 aromatic heterocycles. The third-order valence-corrected chi connectivity index (χ3v) is 2.85. The summed E-state index contributed by atoms with van der Waals surface area (Å²) in [5.74, 6) is 0.0814. The number of carbonyl (C=O) groups is 2. The number of hydrogen-bond acceptors (Lipinski definition) is 4. The Morgan fingerprint density at radius 3 is 1.86 bits per heavy atom. The summed E-state index contributed by atoms with van der Waals surface area (Å²) in [7, 11) is 1.57. The normalized spacial score (nSPS) is 9.73. The Hall–Kier alpha value is -3.06. The first kappa shape index (κ1) is 15.3. The Balaban J connectivity index is 1.94. The highest BCUT2D eigenvalue weighted by Crippen LogP contribution is 2.15. The third kappa shape index (κ3) is 3.97. The second-order valence-corrected chi connectivity index (χ2v) is 4.33. The summed E-state index contributed by atoms with van der Waals surface area (Å²) in [5, 5.41) is 13.8. The van der Waals surface area contributed by atoms with Crippen molar-refractivity contribution in [3.05, 3.63) is 54.1 Å². The van der Waals surface area contributed by atoms with Gasteiger partial charge in [-0.1, -0.05) is 0 Å². The molecule has 0 aliphatic rings. The Labute approximate surface area is 126 Å². The standard InChI is InChI=1S/C15H15N3O4/c1-22-13-8-6-12(7-9-13)17-15(20)16-11-4-2-10(3-5-11)14(19)18-21/h2-9,21H,1H3,(H,18,19)(H2,16,17,20). The fourth-order valence-corrected chi connectivity index (χ4v) is 1.74. The topological polar surface area (TPSA) is 99.7 Å². The molecular weight excluding hydrogens is 286 g/mol. The van der Waals surface area contributed by atoms with E-state index in [0.717, 1.165) is 0 Å². The Bertz CT molecular complexity index is 653. The Kier molecular flexibility index (Phi) is 4.94. The molecule has 2 aromatic carbocycles. The summed E-state index contributed by atoms with van der Waals surface area (Å²) >= 11 is 0. The summed E-state index contributed by atoms with van der Waals surface area (Å²) in [5.41, 5.74) is 2.95. The molecule has 0 aliphatic carbocycles. The molecule has 0 fully saturated rings. The number of benzene rings is 2. The molecule has 0 unspecified atom stereocenters. The molecule has 0 saturated heterocycles. The number of amides is 3. The van der Waals surface area contributed by atoms with Crippen molar-refractivity contribution in [3.63, 3.8) is 0 Å². The maximum absolute atomic E-state index is 11.8. The van der Waals surface area contributed by atoms with Gasteiger partial charge in [0.25, 0.3) is 5.91 Å². The van der Waals surface area contributed by atoms with Crippen molar-refractivity contribution in [1.82, 2.24) is 5.48 Å². The van der Waals surface area contributed by atoms with Gasteiger partial charge in [0.15, 0.2) is 0 Å². The van der Waals surface area contributed by atoms with E-state index in [1.165, 1.54) is 17.6 Å². The molecule has 0 heterocycles. The molecule has 114 valence electrons. The number of rotatable bonds is 4. The minimum Gasteiger partial charge on any atom is -0.497 e. The van der Waals surface area contributed by atoms with E-state index in [1.54, 1.807) is 43.5 Å². The summed E-state index contributed by atoms with van der Waals surface area (Å²) in [6.07, 6.45) is 0. The highest BCUT2D eigenvalue weighted by Gasteiger charge is 2.06. The smallest absolute Gasteiger partial charge is 0.323 e. The highest BCUT2D eigenvalue weighted by molar-refractivity contribution is 6.00. The lowest BCUT2D eigenvalue weighted by atomic mass is 10.2. The second kappa shape index (κ2) is 7.09. The average Bonchev–Trinajstić information content (AvgIpc) is 2.55. The van der Waals surface area contributed by atoms with Crippen LogP contribution in [0.15, 0.2) is 48.5 Å². The van der Waals surface area contributed by atoms with Crippen molar-refractivity contribution in [2.45, 2.75) is 0 Å². The molecule has 0 radical (unpaired) electrons. The molecule has 0 spiro atoms. The van der Waals surface area contributed by atoms with Gasteiger partial charge in [0, 0.05) is 16.9 Å². The van der Waals surface area contributed by atoms with Crippen LogP contribution in [0.5, 0.6) is 5.75 Å². The molecule has 0 atom stereocenters. The molecule has 22 heavy (non-hydrogen) atoms. The molecule has 4 N–H and O–H groups in total. The van der Waals surface area contributed by atoms with Gasteiger partial charge in [-0.3, -0.25) is 10.0 Å². The van der Waals surface area contributed by atoms with Gasteiger partial charge in [-0.2, -0.15) is 0 Å². The molecule has 7 nitrogen and oxygen atoms in total. The van der Waals surface area contributed by atoms with E-state index < -0.39 is 11.9 Å². The zero-order chi connectivity index (χ0) is 15.9. The molecule has 3 amide bonds. The zero-order valence-electron chi connectivity index (χ0n) is 11.8. The van der Waals surface area contributed by atoms with Gasteiger partial charge in [-0.15, -0.1) is 0 Å². The Morgan fingerprint density at radius 2 is 1.41 bits per heavy atom. The van der Waals surface area contributed by atoms with Crippen LogP contribution in [0.3, 0.4) is 0 Å². The van der Waals surface area contributed by atoms with Crippen molar-refractivity contribution in [2.24, 2.45) is 0 Å². The van der Waals surface area contributed by atoms with Crippen LogP contribution in [0.25, 0.3) is 0 Å². The van der Waals surface area contributed by atoms with Gasteiger partial charge >= 0.3 is 6.03 Å². The predicted molar refractivity (Wildman–Crippen MR) is 81.3 cm³/mol. The van der Waals surface area contributed by atoms with Crippen LogP contribution in [0.2, 0.25) is 0 Å². The Morgan fingerprint density at radius 1 is 0.909 bits per heavy atom. The van der Waals surface area contributed by atoms with E-state index in [4.69, 9.17) is 9.94 Å². The van der Waals surface area contributed by atoms with Crippen LogP contribution >= 0.6 is 0 Å². The van der Waals surface area contributed by atoms with E-state index >= 15 is 0 Å². The van der Waals surface area contributed by atoms with Crippen LogP contribution < -0.4 is 20.9 Å². The maximum atomic E-state index is 11.8. The maximum Gasteiger partial charge on any atom is 0.323 e. The van der Waals surface area contributed by atoms with E-state index in [-0.39, 0.29) is 5.56 Å². The fourth-order valence-electron chi connectivity index (χ4n) is 1.74. The lowest BCUT2D eigenvalue weighted by Crippen LogP contribution is -2.20. The number of hydroxylamine groups is 1. The van der Waals surface area contributed by atoms with Crippen molar-refractivity contribution in [2.75, 3.05) is 17.7 Å². The summed E-state index contributed by atoms with van der Waals surface area (Å²) in [6, 6.07) is 12.6. The van der Waals surface area contributed by atoms with E-state index in [2.05, 4.69) is 10.6 Å². The lowest BCUT2D eigenvalue weighted by molar-refractivity contribution is 0.0706. The van der Waals surface area contributed by atoms with Crippen molar-refractivity contribution >= 4 is 23.3 Å². The van der Waals surface area contributed by atoms with E-state index in [1.807, 2.05) is 0 Å². The fraction of sp³-hybridized carbons (Fsp3) is 0.0667. The van der Waals surface area contributed by atoms with E-state index in [0.29, 0.717) is 17.1 Å². The zero-order valence-corrected chi connectivity index (χ0v) is 11.8. The molecule has 0 saturated carbocycles. The quantitative estimate of drug-likeness (QED) is 0.515. The minimum absolute atomic E-state index is 0.281. The average molecular weight is 301 g/mol. The highest BCUT2D eigenvalue weighted by atomic mass is 16.5. The van der Waals surface area contributed by atoms with Crippen molar-refractivity contribution < 1.29 is 19.5 Å². The molecule has 0 bridgehead atoms. The largest absolute Gasteiger partial charge is 0.497 e. The molecule has 7 heteroatoms. The monoisotopic (exact) mass is 301 g/mol. The van der Waals surface area contributed by atoms with Gasteiger partial charge in [0.2, 0.25) is 0 Å². The van der Waals surface area contributed by atoms with Crippen LogP contribution in [-0.4, -0.2) is 24.3 Å². The number of methoxy groups -OCH3 is 1. The first-order valence-electron chi connectivity index (χ1n) is 6.39. The lowest BCUT2D eigenvalue weighted by Gasteiger charge is -2.08. The minimum atomic E-state index is -0.616.